The molecule has 0 heterocycles. The van der Waals surface area contributed by atoms with Gasteiger partial charge in [0.2, 0.25) is 5.91 Å². The number of hydrogen-bond acceptors (Lipinski definition) is 3. The number of fused-ring (bicyclic) bond motifs is 1. The summed E-state index contributed by atoms with van der Waals surface area (Å²) in [5.74, 6) is -2.09. The van der Waals surface area contributed by atoms with Gasteiger partial charge >= 0.3 is 0 Å². The van der Waals surface area contributed by atoms with E-state index >= 15 is 0 Å². The highest BCUT2D eigenvalue weighted by molar-refractivity contribution is 6.08. The summed E-state index contributed by atoms with van der Waals surface area (Å²) < 4.78 is 47.2. The molecule has 0 aromatic heterocycles. The highest BCUT2D eigenvalue weighted by Crippen LogP contribution is 2.45. The average Bonchev–Trinajstić information content (AvgIpc) is 3.05. The van der Waals surface area contributed by atoms with Crippen LogP contribution in [0.5, 0.6) is 11.5 Å². The molecule has 3 aromatic carbocycles. The summed E-state index contributed by atoms with van der Waals surface area (Å²) in [6.07, 6.45) is 1.51. The summed E-state index contributed by atoms with van der Waals surface area (Å²) in [5, 5.41) is 8.86. The lowest BCUT2D eigenvalue weighted by Crippen LogP contribution is -2.18. The zero-order chi connectivity index (χ0) is 22.8. The van der Waals surface area contributed by atoms with Crippen molar-refractivity contribution in [2.24, 2.45) is 0 Å². The zero-order valence-corrected chi connectivity index (χ0v) is 17.0. The summed E-state index contributed by atoms with van der Waals surface area (Å²) in [6, 6.07) is 15.2. The third-order valence-electron chi connectivity index (χ3n) is 5.25. The number of halogens is 3. The smallest absolute Gasteiger partial charge is 0.247 e. The van der Waals surface area contributed by atoms with E-state index in [-0.39, 0.29) is 17.8 Å². The van der Waals surface area contributed by atoms with Crippen molar-refractivity contribution in [3.05, 3.63) is 100 Å². The molecule has 4 nitrogen and oxygen atoms in total. The summed E-state index contributed by atoms with van der Waals surface area (Å²) >= 11 is 0. The highest BCUT2D eigenvalue weighted by atomic mass is 19.2. The molecule has 4 rings (SSSR count). The Kier molecular flexibility index (Phi) is 5.83. The average molecular weight is 437 g/mol. The molecular formula is C25H18F3NO3. The van der Waals surface area contributed by atoms with E-state index in [4.69, 9.17) is 9.94 Å². The maximum atomic E-state index is 14.6. The molecule has 162 valence electrons. The molecular weight excluding hydrogens is 419 g/mol. The van der Waals surface area contributed by atoms with Gasteiger partial charge in [-0.15, -0.1) is 0 Å². The third kappa shape index (κ3) is 4.15. The van der Waals surface area contributed by atoms with Crippen LogP contribution in [0.1, 0.15) is 30.0 Å². The predicted octanol–water partition coefficient (Wildman–Crippen LogP) is 6.12. The summed E-state index contributed by atoms with van der Waals surface area (Å²) in [5.41, 5.74) is 4.36. The number of allylic oxidation sites excluding steroid dienone is 2. The number of benzene rings is 3. The van der Waals surface area contributed by atoms with Crippen LogP contribution in [-0.4, -0.2) is 11.1 Å². The first-order chi connectivity index (χ1) is 15.4. The molecule has 0 radical (unpaired) electrons. The second kappa shape index (κ2) is 8.72. The predicted molar refractivity (Wildman–Crippen MR) is 114 cm³/mol. The first-order valence-corrected chi connectivity index (χ1v) is 9.74. The number of nitrogens with one attached hydrogen (secondary N) is 1. The lowest BCUT2D eigenvalue weighted by molar-refractivity contribution is -0.128. The van der Waals surface area contributed by atoms with Gasteiger partial charge in [0.05, 0.1) is 6.42 Å². The van der Waals surface area contributed by atoms with E-state index in [1.807, 2.05) is 0 Å². The molecule has 0 unspecified atom stereocenters. The van der Waals surface area contributed by atoms with Gasteiger partial charge in [0.1, 0.15) is 17.3 Å². The van der Waals surface area contributed by atoms with E-state index < -0.39 is 17.5 Å². The van der Waals surface area contributed by atoms with Crippen molar-refractivity contribution in [2.45, 2.75) is 13.3 Å². The molecule has 32 heavy (non-hydrogen) atoms. The highest BCUT2D eigenvalue weighted by Gasteiger charge is 2.29. The molecule has 3 aromatic rings. The van der Waals surface area contributed by atoms with Crippen molar-refractivity contribution in [1.82, 2.24) is 5.48 Å². The Labute approximate surface area is 182 Å². The van der Waals surface area contributed by atoms with Gasteiger partial charge in [-0.25, -0.2) is 18.7 Å². The van der Waals surface area contributed by atoms with Crippen LogP contribution in [0.25, 0.3) is 17.2 Å². The Morgan fingerprint density at radius 2 is 1.59 bits per heavy atom. The molecule has 0 fully saturated rings. The number of carbonyl (C=O) groups excluding carboxylic acids is 1. The normalized spacial score (nSPS) is 14.0. The largest absolute Gasteiger partial charge is 0.457 e. The SMILES string of the molecule is CC1=C(CC(=O)NO)c2c(ccc(F)c2F)/C1=C\c1ccc(Oc2ccc(F)cc2)cc1. The summed E-state index contributed by atoms with van der Waals surface area (Å²) in [4.78, 5) is 11.7. The minimum absolute atomic E-state index is 0.0219. The van der Waals surface area contributed by atoms with E-state index in [1.165, 1.54) is 35.8 Å². The van der Waals surface area contributed by atoms with Gasteiger partial charge in [-0.2, -0.15) is 0 Å². The van der Waals surface area contributed by atoms with Crippen molar-refractivity contribution >= 4 is 23.1 Å². The molecule has 1 aliphatic carbocycles. The molecule has 7 heteroatoms. The molecule has 2 N–H and O–H groups in total. The first-order valence-electron chi connectivity index (χ1n) is 9.74. The zero-order valence-electron chi connectivity index (χ0n) is 17.0. The minimum Gasteiger partial charge on any atom is -0.457 e. The Bertz CT molecular complexity index is 1250. The molecule has 0 saturated carbocycles. The second-order valence-electron chi connectivity index (χ2n) is 7.28. The second-order valence-corrected chi connectivity index (χ2v) is 7.28. The van der Waals surface area contributed by atoms with Crippen molar-refractivity contribution in [1.29, 1.82) is 0 Å². The lowest BCUT2D eigenvalue weighted by atomic mass is 10.00. The maximum absolute atomic E-state index is 14.6. The van der Waals surface area contributed by atoms with Crippen LogP contribution in [0, 0.1) is 17.5 Å². The minimum atomic E-state index is -1.03. The Morgan fingerprint density at radius 1 is 0.969 bits per heavy atom. The van der Waals surface area contributed by atoms with Crippen LogP contribution in [0.3, 0.4) is 0 Å². The van der Waals surface area contributed by atoms with Gasteiger partial charge in [0.25, 0.3) is 0 Å². The van der Waals surface area contributed by atoms with Crippen LogP contribution >= 0.6 is 0 Å². The van der Waals surface area contributed by atoms with Gasteiger partial charge in [-0.3, -0.25) is 10.0 Å². The monoisotopic (exact) mass is 437 g/mol. The fraction of sp³-hybridized carbons (Fsp3) is 0.0800. The van der Waals surface area contributed by atoms with Gasteiger partial charge in [-0.1, -0.05) is 18.2 Å². The van der Waals surface area contributed by atoms with Gasteiger partial charge in [0.15, 0.2) is 11.6 Å². The quantitative estimate of drug-likeness (QED) is 0.374. The Balaban J connectivity index is 1.68. The van der Waals surface area contributed by atoms with Crippen LogP contribution in [0.15, 0.2) is 66.2 Å². The molecule has 1 aliphatic rings. The Hall–Kier alpha value is -3.84. The van der Waals surface area contributed by atoms with Crippen LogP contribution < -0.4 is 10.2 Å². The number of hydrogen-bond donors (Lipinski definition) is 2. The van der Waals surface area contributed by atoms with Gasteiger partial charge in [0, 0.05) is 5.56 Å². The number of rotatable bonds is 5. The number of carbonyl (C=O) groups is 1. The van der Waals surface area contributed by atoms with E-state index in [2.05, 4.69) is 0 Å². The number of hydroxylamine groups is 1. The van der Waals surface area contributed by atoms with Crippen LogP contribution in [0.4, 0.5) is 13.2 Å². The topological polar surface area (TPSA) is 58.6 Å². The number of ether oxygens (including phenoxy) is 1. The van der Waals surface area contributed by atoms with E-state index in [0.29, 0.717) is 33.8 Å². The maximum Gasteiger partial charge on any atom is 0.247 e. The summed E-state index contributed by atoms with van der Waals surface area (Å²) in [6.45, 7) is 1.72. The molecule has 0 spiro atoms. The van der Waals surface area contributed by atoms with Crippen LogP contribution in [0.2, 0.25) is 0 Å². The molecule has 0 aliphatic heterocycles. The van der Waals surface area contributed by atoms with Gasteiger partial charge < -0.3 is 4.74 Å². The number of amides is 1. The molecule has 0 bridgehead atoms. The Morgan fingerprint density at radius 3 is 2.22 bits per heavy atom. The van der Waals surface area contributed by atoms with E-state index in [0.717, 1.165) is 11.6 Å². The molecule has 0 atom stereocenters. The summed E-state index contributed by atoms with van der Waals surface area (Å²) in [7, 11) is 0. The van der Waals surface area contributed by atoms with Gasteiger partial charge in [-0.05, 0) is 83.3 Å². The van der Waals surface area contributed by atoms with E-state index in [1.54, 1.807) is 37.3 Å². The van der Waals surface area contributed by atoms with Crippen LogP contribution in [-0.2, 0) is 4.79 Å². The third-order valence-corrected chi connectivity index (χ3v) is 5.25. The van der Waals surface area contributed by atoms with Crippen molar-refractivity contribution in [3.8, 4) is 11.5 Å². The molecule has 0 saturated heterocycles. The standard InChI is InChI=1S/C25H18F3NO3/c1-14-20(19-10-11-22(27)25(28)24(19)21(14)13-23(30)29-31)12-15-2-6-17(7-3-15)32-18-8-4-16(26)5-9-18/h2-12,31H,13H2,1H3,(H,29,30)/b20-12-. The first kappa shape index (κ1) is 21.4. The fourth-order valence-electron chi connectivity index (χ4n) is 3.67. The van der Waals surface area contributed by atoms with E-state index in [9.17, 15) is 18.0 Å². The fourth-order valence-corrected chi connectivity index (χ4v) is 3.67. The lowest BCUT2D eigenvalue weighted by Gasteiger charge is -2.08. The van der Waals surface area contributed by atoms with Crippen molar-refractivity contribution in [2.75, 3.05) is 0 Å². The molecule has 1 amide bonds. The van der Waals surface area contributed by atoms with Crippen molar-refractivity contribution in [3.63, 3.8) is 0 Å². The van der Waals surface area contributed by atoms with Crippen molar-refractivity contribution < 1.29 is 27.9 Å².